The summed E-state index contributed by atoms with van der Waals surface area (Å²) in [5.74, 6) is 0.828. The number of carbonyl (C=O) groups is 1. The fourth-order valence-electron chi connectivity index (χ4n) is 3.49. The third-order valence-electron chi connectivity index (χ3n) is 4.79. The zero-order chi connectivity index (χ0) is 17.4. The summed E-state index contributed by atoms with van der Waals surface area (Å²) in [7, 11) is 0. The minimum Gasteiger partial charge on any atom is -0.486 e. The fourth-order valence-corrected chi connectivity index (χ4v) is 3.49. The van der Waals surface area contributed by atoms with Crippen LogP contribution in [0, 0.1) is 6.92 Å². The van der Waals surface area contributed by atoms with Crippen molar-refractivity contribution in [3.63, 3.8) is 0 Å². The molecule has 1 aromatic heterocycles. The highest BCUT2D eigenvalue weighted by Gasteiger charge is 2.25. The van der Waals surface area contributed by atoms with Crippen molar-refractivity contribution in [2.24, 2.45) is 0 Å². The van der Waals surface area contributed by atoms with Gasteiger partial charge in [-0.3, -0.25) is 4.79 Å². The lowest BCUT2D eigenvalue weighted by atomic mass is 10.1. The molecule has 4 heteroatoms. The summed E-state index contributed by atoms with van der Waals surface area (Å²) in [4.78, 5) is 12.8. The number of ether oxygens (including phenoxy) is 1. The quantitative estimate of drug-likeness (QED) is 0.782. The Balaban J connectivity index is 1.63. The van der Waals surface area contributed by atoms with Crippen molar-refractivity contribution in [3.05, 3.63) is 65.4 Å². The first-order valence-corrected chi connectivity index (χ1v) is 8.78. The molecule has 3 aromatic rings. The van der Waals surface area contributed by atoms with Crippen LogP contribution in [0.15, 0.2) is 48.5 Å². The molecule has 1 aliphatic heterocycles. The highest BCUT2D eigenvalue weighted by atomic mass is 16.5. The van der Waals surface area contributed by atoms with Crippen LogP contribution in [0.25, 0.3) is 10.9 Å². The Labute approximate surface area is 147 Å². The maximum absolute atomic E-state index is 12.8. The monoisotopic (exact) mass is 334 g/mol. The second-order valence-corrected chi connectivity index (χ2v) is 6.65. The van der Waals surface area contributed by atoms with Crippen LogP contribution < -0.4 is 10.1 Å². The van der Waals surface area contributed by atoms with E-state index in [-0.39, 0.29) is 12.0 Å². The van der Waals surface area contributed by atoms with E-state index in [9.17, 15) is 4.79 Å². The number of benzene rings is 2. The van der Waals surface area contributed by atoms with Crippen LogP contribution in [0.2, 0.25) is 0 Å². The number of aromatic nitrogens is 1. The first-order chi connectivity index (χ1) is 12.2. The van der Waals surface area contributed by atoms with E-state index in [2.05, 4.69) is 35.9 Å². The molecule has 1 atom stereocenters. The summed E-state index contributed by atoms with van der Waals surface area (Å²) < 4.78 is 8.14. The number of nitrogens with zero attached hydrogens (tertiary/aromatic N) is 1. The van der Waals surface area contributed by atoms with Crippen LogP contribution in [0.5, 0.6) is 5.75 Å². The van der Waals surface area contributed by atoms with Crippen molar-refractivity contribution >= 4 is 16.8 Å². The number of hydrogen-bond acceptors (Lipinski definition) is 2. The lowest BCUT2D eigenvalue weighted by Gasteiger charge is -2.26. The Bertz CT molecular complexity index is 942. The summed E-state index contributed by atoms with van der Waals surface area (Å²) in [6, 6.07) is 16.2. The normalized spacial score (nSPS) is 15.8. The Morgan fingerprint density at radius 1 is 1.24 bits per heavy atom. The molecule has 0 bridgehead atoms. The molecule has 0 saturated carbocycles. The minimum absolute atomic E-state index is 0.0413. The largest absolute Gasteiger partial charge is 0.486 e. The SMILES string of the molecule is CCC1Cn2c(C(=O)NCc3cccc(C)c3)cc3cccc(c32)O1. The van der Waals surface area contributed by atoms with Gasteiger partial charge in [0.1, 0.15) is 17.5 Å². The maximum atomic E-state index is 12.8. The molecular weight excluding hydrogens is 312 g/mol. The summed E-state index contributed by atoms with van der Waals surface area (Å²) in [6.07, 6.45) is 1.02. The highest BCUT2D eigenvalue weighted by Crippen LogP contribution is 2.34. The molecule has 1 amide bonds. The topological polar surface area (TPSA) is 43.3 Å². The molecule has 4 rings (SSSR count). The zero-order valence-corrected chi connectivity index (χ0v) is 14.6. The smallest absolute Gasteiger partial charge is 0.268 e. The molecule has 1 aliphatic rings. The lowest BCUT2D eigenvalue weighted by molar-refractivity contribution is 0.0935. The van der Waals surface area contributed by atoms with Crippen LogP contribution in [-0.2, 0) is 13.1 Å². The van der Waals surface area contributed by atoms with Crippen molar-refractivity contribution in [1.82, 2.24) is 9.88 Å². The molecule has 25 heavy (non-hydrogen) atoms. The minimum atomic E-state index is -0.0413. The fraction of sp³-hybridized carbons (Fsp3) is 0.286. The van der Waals surface area contributed by atoms with Gasteiger partial charge in [0.15, 0.2) is 0 Å². The number of para-hydroxylation sites is 1. The molecule has 0 spiro atoms. The Hall–Kier alpha value is -2.75. The van der Waals surface area contributed by atoms with Crippen LogP contribution in [0.3, 0.4) is 0 Å². The van der Waals surface area contributed by atoms with E-state index in [0.717, 1.165) is 28.6 Å². The number of hydrogen-bond donors (Lipinski definition) is 1. The lowest BCUT2D eigenvalue weighted by Crippen LogP contribution is -2.31. The van der Waals surface area contributed by atoms with Gasteiger partial charge in [-0.25, -0.2) is 0 Å². The first-order valence-electron chi connectivity index (χ1n) is 8.78. The molecule has 4 nitrogen and oxygen atoms in total. The van der Waals surface area contributed by atoms with E-state index in [1.54, 1.807) is 0 Å². The summed E-state index contributed by atoms with van der Waals surface area (Å²) >= 11 is 0. The predicted octanol–water partition coefficient (Wildman–Crippen LogP) is 4.05. The van der Waals surface area contributed by atoms with Crippen LogP contribution in [-0.4, -0.2) is 16.6 Å². The third kappa shape index (κ3) is 2.88. The van der Waals surface area contributed by atoms with Crippen LogP contribution in [0.1, 0.15) is 35.0 Å². The van der Waals surface area contributed by atoms with Crippen LogP contribution in [0.4, 0.5) is 0 Å². The van der Waals surface area contributed by atoms with E-state index >= 15 is 0 Å². The average Bonchev–Trinajstić information content (AvgIpc) is 3.00. The first kappa shape index (κ1) is 15.8. The molecular formula is C21H22N2O2. The molecule has 0 aliphatic carbocycles. The Morgan fingerprint density at radius 3 is 2.88 bits per heavy atom. The molecule has 0 radical (unpaired) electrons. The van der Waals surface area contributed by atoms with Gasteiger partial charge in [-0.2, -0.15) is 0 Å². The van der Waals surface area contributed by atoms with Crippen molar-refractivity contribution in [2.45, 2.75) is 39.5 Å². The van der Waals surface area contributed by atoms with Gasteiger partial charge in [0, 0.05) is 11.9 Å². The van der Waals surface area contributed by atoms with Crippen molar-refractivity contribution in [1.29, 1.82) is 0 Å². The number of carbonyl (C=O) groups excluding carboxylic acids is 1. The Kier molecular flexibility index (Phi) is 3.96. The van der Waals surface area contributed by atoms with Gasteiger partial charge >= 0.3 is 0 Å². The zero-order valence-electron chi connectivity index (χ0n) is 14.6. The van der Waals surface area contributed by atoms with E-state index in [1.165, 1.54) is 5.56 Å². The molecule has 1 unspecified atom stereocenters. The van der Waals surface area contributed by atoms with Gasteiger partial charge in [0.05, 0.1) is 12.1 Å². The van der Waals surface area contributed by atoms with E-state index in [0.29, 0.717) is 18.8 Å². The highest BCUT2D eigenvalue weighted by molar-refractivity contribution is 6.00. The molecule has 128 valence electrons. The maximum Gasteiger partial charge on any atom is 0.268 e. The average molecular weight is 334 g/mol. The standard InChI is InChI=1S/C21H22N2O2/c1-3-17-13-23-18(11-16-8-5-9-19(25-17)20(16)23)21(24)22-12-15-7-4-6-14(2)10-15/h4-11,17H,3,12-13H2,1-2H3,(H,22,24). The summed E-state index contributed by atoms with van der Waals surface area (Å²) in [5.41, 5.74) is 4.03. The number of rotatable bonds is 4. The van der Waals surface area contributed by atoms with Crippen molar-refractivity contribution in [3.8, 4) is 5.75 Å². The predicted molar refractivity (Wildman–Crippen MR) is 99.0 cm³/mol. The number of nitrogens with one attached hydrogen (secondary N) is 1. The second-order valence-electron chi connectivity index (χ2n) is 6.65. The Morgan fingerprint density at radius 2 is 2.08 bits per heavy atom. The van der Waals surface area contributed by atoms with Gasteiger partial charge < -0.3 is 14.6 Å². The van der Waals surface area contributed by atoms with E-state index < -0.39 is 0 Å². The van der Waals surface area contributed by atoms with Crippen LogP contribution >= 0.6 is 0 Å². The third-order valence-corrected chi connectivity index (χ3v) is 4.79. The molecule has 0 saturated heterocycles. The summed E-state index contributed by atoms with van der Waals surface area (Å²) in [5, 5.41) is 4.10. The van der Waals surface area contributed by atoms with E-state index in [1.807, 2.05) is 36.4 Å². The number of aryl methyl sites for hydroxylation is 1. The van der Waals surface area contributed by atoms with Gasteiger partial charge in [-0.15, -0.1) is 0 Å². The molecule has 1 N–H and O–H groups in total. The molecule has 2 heterocycles. The van der Waals surface area contributed by atoms with Crippen molar-refractivity contribution < 1.29 is 9.53 Å². The molecule has 2 aromatic carbocycles. The van der Waals surface area contributed by atoms with Crippen molar-refractivity contribution in [2.75, 3.05) is 0 Å². The van der Waals surface area contributed by atoms with Gasteiger partial charge in [0.25, 0.3) is 5.91 Å². The number of amides is 1. The van der Waals surface area contributed by atoms with E-state index in [4.69, 9.17) is 4.74 Å². The van der Waals surface area contributed by atoms with Gasteiger partial charge in [-0.1, -0.05) is 48.9 Å². The summed E-state index contributed by atoms with van der Waals surface area (Å²) in [6.45, 7) is 5.41. The second kappa shape index (κ2) is 6.28. The van der Waals surface area contributed by atoms with Gasteiger partial charge in [0.2, 0.25) is 0 Å². The molecule has 0 fully saturated rings. The van der Waals surface area contributed by atoms with Gasteiger partial charge in [-0.05, 0) is 31.0 Å².